The molecule has 0 saturated carbocycles. The van der Waals surface area contributed by atoms with E-state index >= 15 is 0 Å². The van der Waals surface area contributed by atoms with Crippen LogP contribution in [-0.4, -0.2) is 91.1 Å². The van der Waals surface area contributed by atoms with Crippen molar-refractivity contribution in [3.8, 4) is 34.5 Å². The second-order valence-corrected chi connectivity index (χ2v) is 9.44. The summed E-state index contributed by atoms with van der Waals surface area (Å²) in [5.74, 6) is 3.36. The van der Waals surface area contributed by atoms with Crippen LogP contribution in [0.3, 0.4) is 0 Å². The van der Waals surface area contributed by atoms with Gasteiger partial charge in [0.15, 0.2) is 28.8 Å². The maximum Gasteiger partial charge on any atom is 0.203 e. The van der Waals surface area contributed by atoms with E-state index in [9.17, 15) is 4.79 Å². The van der Waals surface area contributed by atoms with Crippen molar-refractivity contribution < 1.29 is 33.2 Å². The lowest BCUT2D eigenvalue weighted by atomic mass is 9.56. The minimum absolute atomic E-state index is 0.181. The molecule has 4 bridgehead atoms. The number of benzene rings is 2. The number of carbonyl (C=O) groups excluding carboxylic acids is 1. The number of piperidine rings is 2. The lowest BCUT2D eigenvalue weighted by Gasteiger charge is -2.63. The molecule has 0 amide bonds. The van der Waals surface area contributed by atoms with E-state index in [4.69, 9.17) is 28.4 Å². The molecule has 0 spiro atoms. The quantitative estimate of drug-likeness (QED) is 0.560. The van der Waals surface area contributed by atoms with E-state index in [0.29, 0.717) is 60.7 Å². The summed E-state index contributed by atoms with van der Waals surface area (Å²) in [6.45, 7) is 3.35. The molecule has 35 heavy (non-hydrogen) atoms. The molecule has 9 heteroatoms. The van der Waals surface area contributed by atoms with Gasteiger partial charge in [-0.2, -0.15) is 0 Å². The number of hydrogen-bond acceptors (Lipinski definition) is 9. The zero-order valence-corrected chi connectivity index (χ0v) is 21.1. The van der Waals surface area contributed by atoms with Gasteiger partial charge in [-0.05, 0) is 35.4 Å². The van der Waals surface area contributed by atoms with Crippen LogP contribution in [0.15, 0.2) is 24.3 Å². The molecule has 0 aliphatic carbocycles. The molecule has 4 saturated heterocycles. The molecule has 2 aromatic carbocycles. The highest BCUT2D eigenvalue weighted by Gasteiger charge is 2.64. The van der Waals surface area contributed by atoms with Gasteiger partial charge >= 0.3 is 0 Å². The molecule has 188 valence electrons. The van der Waals surface area contributed by atoms with Crippen LogP contribution in [0, 0.1) is 0 Å². The third-order valence-electron chi connectivity index (χ3n) is 7.68. The van der Waals surface area contributed by atoms with E-state index in [1.807, 2.05) is 24.3 Å². The number of carbonyl (C=O) groups is 1. The molecular formula is C26H32N2O7. The zero-order chi connectivity index (χ0) is 25.0. The van der Waals surface area contributed by atoms with Crippen molar-refractivity contribution in [2.24, 2.45) is 0 Å². The van der Waals surface area contributed by atoms with Gasteiger partial charge in [0.05, 0.1) is 60.2 Å². The summed E-state index contributed by atoms with van der Waals surface area (Å²) in [5, 5.41) is 0. The van der Waals surface area contributed by atoms with Crippen LogP contribution in [0.2, 0.25) is 0 Å². The molecule has 4 heterocycles. The Hall–Kier alpha value is -3.17. The van der Waals surface area contributed by atoms with Gasteiger partial charge in [0.25, 0.3) is 0 Å². The number of nitrogens with zero attached hydrogens (tertiary/aromatic N) is 2. The minimum Gasteiger partial charge on any atom is -0.493 e. The molecule has 0 aromatic heterocycles. The minimum atomic E-state index is -0.748. The first-order valence-corrected chi connectivity index (χ1v) is 11.5. The Morgan fingerprint density at radius 3 is 1.14 bits per heavy atom. The van der Waals surface area contributed by atoms with Crippen LogP contribution < -0.4 is 28.4 Å². The zero-order valence-electron chi connectivity index (χ0n) is 21.1. The first-order chi connectivity index (χ1) is 16.9. The van der Waals surface area contributed by atoms with Crippen molar-refractivity contribution in [3.63, 3.8) is 0 Å². The summed E-state index contributed by atoms with van der Waals surface area (Å²) in [7, 11) is 9.51. The third kappa shape index (κ3) is 3.25. The summed E-state index contributed by atoms with van der Waals surface area (Å²) in [4.78, 5) is 19.3. The Morgan fingerprint density at radius 2 is 0.886 bits per heavy atom. The van der Waals surface area contributed by atoms with E-state index < -0.39 is 10.8 Å². The molecule has 0 radical (unpaired) electrons. The second-order valence-electron chi connectivity index (χ2n) is 9.44. The van der Waals surface area contributed by atoms with Crippen LogP contribution in [0.4, 0.5) is 0 Å². The van der Waals surface area contributed by atoms with Gasteiger partial charge in [-0.3, -0.25) is 14.6 Å². The van der Waals surface area contributed by atoms with E-state index in [-0.39, 0.29) is 5.78 Å². The summed E-state index contributed by atoms with van der Waals surface area (Å²) >= 11 is 0. The molecule has 0 atom stereocenters. The normalized spacial score (nSPS) is 28.6. The van der Waals surface area contributed by atoms with Crippen LogP contribution in [0.1, 0.15) is 11.1 Å². The summed E-state index contributed by atoms with van der Waals surface area (Å²) in [5.41, 5.74) is 0.232. The molecule has 0 N–H and O–H groups in total. The monoisotopic (exact) mass is 484 g/mol. The smallest absolute Gasteiger partial charge is 0.203 e. The Kier molecular flexibility index (Phi) is 5.72. The third-order valence-corrected chi connectivity index (χ3v) is 7.68. The maximum atomic E-state index is 14.6. The van der Waals surface area contributed by atoms with Gasteiger partial charge in [-0.25, -0.2) is 0 Å². The molecule has 9 nitrogen and oxygen atoms in total. The average Bonchev–Trinajstić information content (AvgIpc) is 2.89. The van der Waals surface area contributed by atoms with Gasteiger partial charge in [-0.1, -0.05) is 0 Å². The molecule has 6 rings (SSSR count). The molecule has 4 aliphatic heterocycles. The summed E-state index contributed by atoms with van der Waals surface area (Å²) in [6.07, 6.45) is 0. The molecular weight excluding hydrogens is 452 g/mol. The first kappa shape index (κ1) is 23.6. The number of methoxy groups -OCH3 is 6. The lowest BCUT2D eigenvalue weighted by Crippen LogP contribution is -2.79. The number of Topliss-reactive ketones (excluding diaryl/α,β-unsaturated/α-hetero) is 1. The van der Waals surface area contributed by atoms with Gasteiger partial charge in [0.2, 0.25) is 11.5 Å². The second kappa shape index (κ2) is 8.49. The van der Waals surface area contributed by atoms with Crippen molar-refractivity contribution in [2.75, 3.05) is 75.5 Å². The number of ether oxygens (including phenoxy) is 6. The van der Waals surface area contributed by atoms with Crippen molar-refractivity contribution in [1.82, 2.24) is 9.80 Å². The van der Waals surface area contributed by atoms with Gasteiger partial charge in [0.1, 0.15) is 0 Å². The van der Waals surface area contributed by atoms with Crippen LogP contribution in [0.5, 0.6) is 34.5 Å². The van der Waals surface area contributed by atoms with Gasteiger partial charge < -0.3 is 28.4 Å². The Balaban J connectivity index is 1.69. The Bertz CT molecular complexity index is 1010. The molecule has 0 unspecified atom stereocenters. The highest BCUT2D eigenvalue weighted by Crippen LogP contribution is 2.53. The van der Waals surface area contributed by atoms with Crippen molar-refractivity contribution in [2.45, 2.75) is 10.8 Å². The number of ketones is 1. The fourth-order valence-electron chi connectivity index (χ4n) is 6.31. The predicted molar refractivity (Wildman–Crippen MR) is 129 cm³/mol. The van der Waals surface area contributed by atoms with Crippen molar-refractivity contribution >= 4 is 5.78 Å². The highest BCUT2D eigenvalue weighted by atomic mass is 16.5. The van der Waals surface area contributed by atoms with Crippen molar-refractivity contribution in [3.05, 3.63) is 35.4 Å². The van der Waals surface area contributed by atoms with Crippen LogP contribution in [0.25, 0.3) is 0 Å². The lowest BCUT2D eigenvalue weighted by molar-refractivity contribution is -0.159. The summed E-state index contributed by atoms with van der Waals surface area (Å²) < 4.78 is 33.5. The standard InChI is InChI=1S/C26H32N2O7/c1-30-18-7-16(8-19(31-2)22(18)34-5)25-11-27-13-26(24(25)29,14-28(12-25)15-27)17-9-20(32-3)23(35-6)21(10-17)33-4/h7-10H,11-15H2,1-6H3. The van der Waals surface area contributed by atoms with Crippen LogP contribution >= 0.6 is 0 Å². The largest absolute Gasteiger partial charge is 0.493 e. The molecule has 2 aromatic rings. The first-order valence-electron chi connectivity index (χ1n) is 11.5. The van der Waals surface area contributed by atoms with E-state index in [2.05, 4.69) is 9.80 Å². The Morgan fingerprint density at radius 1 is 0.571 bits per heavy atom. The highest BCUT2D eigenvalue weighted by molar-refractivity contribution is 6.02. The van der Waals surface area contributed by atoms with Crippen molar-refractivity contribution in [1.29, 1.82) is 0 Å². The fourth-order valence-corrected chi connectivity index (χ4v) is 6.31. The maximum absolute atomic E-state index is 14.6. The van der Waals surface area contributed by atoms with Gasteiger partial charge in [0, 0.05) is 26.2 Å². The predicted octanol–water partition coefficient (Wildman–Crippen LogP) is 2.09. The number of hydrogen-bond donors (Lipinski definition) is 0. The average molecular weight is 485 g/mol. The molecule has 4 fully saturated rings. The number of rotatable bonds is 8. The van der Waals surface area contributed by atoms with E-state index in [0.717, 1.165) is 17.8 Å². The van der Waals surface area contributed by atoms with Crippen LogP contribution in [-0.2, 0) is 15.6 Å². The van der Waals surface area contributed by atoms with E-state index in [1.165, 1.54) is 0 Å². The molecule has 4 aliphatic rings. The topological polar surface area (TPSA) is 78.9 Å². The van der Waals surface area contributed by atoms with E-state index in [1.54, 1.807) is 42.7 Å². The summed E-state index contributed by atoms with van der Waals surface area (Å²) in [6, 6.07) is 7.66. The SMILES string of the molecule is COc1cc(C23CN4CN(C2)CC(c2cc(OC)c(OC)c(OC)c2)(C4)C3=O)cc(OC)c1OC. The Labute approximate surface area is 205 Å². The van der Waals surface area contributed by atoms with Gasteiger partial charge in [-0.15, -0.1) is 0 Å². The fraction of sp³-hybridized carbons (Fsp3) is 0.500.